The third kappa shape index (κ3) is 2.07. The second-order valence-corrected chi connectivity index (χ2v) is 3.22. The first-order valence-corrected chi connectivity index (χ1v) is 4.55. The molecule has 0 unspecified atom stereocenters. The molecule has 1 nitrogen and oxygen atoms in total. The van der Waals surface area contributed by atoms with E-state index < -0.39 is 0 Å². The average molecular weight is 179 g/mol. The van der Waals surface area contributed by atoms with Crippen molar-refractivity contribution in [2.24, 2.45) is 0 Å². The number of hydrogen-bond acceptors (Lipinski definition) is 1. The fourth-order valence-corrected chi connectivity index (χ4v) is 1.54. The second kappa shape index (κ2) is 3.88. The quantitative estimate of drug-likeness (QED) is 0.644. The number of halogens is 1. The van der Waals surface area contributed by atoms with E-state index in [1.54, 1.807) is 12.1 Å². The molecule has 1 heterocycles. The maximum Gasteiger partial charge on any atom is 0.123 e. The van der Waals surface area contributed by atoms with Crippen molar-refractivity contribution >= 4 is 0 Å². The first-order valence-electron chi connectivity index (χ1n) is 4.55. The second-order valence-electron chi connectivity index (χ2n) is 3.22. The van der Waals surface area contributed by atoms with Crippen LogP contribution in [0, 0.1) is 12.2 Å². The lowest BCUT2D eigenvalue weighted by Crippen LogP contribution is -2.11. The van der Waals surface area contributed by atoms with E-state index in [-0.39, 0.29) is 11.9 Å². The van der Waals surface area contributed by atoms with Gasteiger partial charge in [-0.25, -0.2) is 4.39 Å². The van der Waals surface area contributed by atoms with E-state index in [2.05, 4.69) is 6.42 Å². The van der Waals surface area contributed by atoms with E-state index in [9.17, 15) is 4.39 Å². The average Bonchev–Trinajstić information content (AvgIpc) is 2.20. The standard InChI is InChI=1S/C11H12FO/c12-10-6-4-9(5-7-10)11-3-1-2-8-13-11/h1,4-7,11H,2-3,8H2/t11-/m0/s1. The van der Waals surface area contributed by atoms with Crippen LogP contribution in [0.5, 0.6) is 0 Å². The van der Waals surface area contributed by atoms with Gasteiger partial charge in [0.2, 0.25) is 0 Å². The van der Waals surface area contributed by atoms with E-state index in [0.717, 1.165) is 25.0 Å². The van der Waals surface area contributed by atoms with Crippen LogP contribution in [-0.2, 0) is 4.74 Å². The van der Waals surface area contributed by atoms with Gasteiger partial charge >= 0.3 is 0 Å². The molecule has 0 bridgehead atoms. The van der Waals surface area contributed by atoms with Crippen LogP contribution in [0.15, 0.2) is 24.3 Å². The normalized spacial score (nSPS) is 23.0. The topological polar surface area (TPSA) is 9.23 Å². The van der Waals surface area contributed by atoms with Gasteiger partial charge in [0.15, 0.2) is 0 Å². The predicted octanol–water partition coefficient (Wildman–Crippen LogP) is 2.88. The molecule has 13 heavy (non-hydrogen) atoms. The highest BCUT2D eigenvalue weighted by Crippen LogP contribution is 2.26. The summed E-state index contributed by atoms with van der Waals surface area (Å²) in [7, 11) is 0. The van der Waals surface area contributed by atoms with Crippen molar-refractivity contribution in [1.29, 1.82) is 0 Å². The van der Waals surface area contributed by atoms with Gasteiger partial charge < -0.3 is 4.74 Å². The van der Waals surface area contributed by atoms with Crippen molar-refractivity contribution in [1.82, 2.24) is 0 Å². The summed E-state index contributed by atoms with van der Waals surface area (Å²) in [5, 5.41) is 0. The molecule has 69 valence electrons. The Labute approximate surface area is 77.5 Å². The molecule has 0 aromatic heterocycles. The molecular weight excluding hydrogens is 167 g/mol. The van der Waals surface area contributed by atoms with E-state index in [1.807, 2.05) is 0 Å². The molecule has 2 rings (SSSR count). The zero-order valence-electron chi connectivity index (χ0n) is 7.37. The highest BCUT2D eigenvalue weighted by atomic mass is 19.1. The molecule has 1 fully saturated rings. The van der Waals surface area contributed by atoms with Crippen molar-refractivity contribution in [3.05, 3.63) is 42.1 Å². The molecule has 0 amide bonds. The van der Waals surface area contributed by atoms with Crippen molar-refractivity contribution in [3.63, 3.8) is 0 Å². The Hall–Kier alpha value is -0.890. The highest BCUT2D eigenvalue weighted by Gasteiger charge is 2.15. The van der Waals surface area contributed by atoms with Crippen LogP contribution in [-0.4, -0.2) is 6.61 Å². The van der Waals surface area contributed by atoms with Gasteiger partial charge in [0.25, 0.3) is 0 Å². The lowest BCUT2D eigenvalue weighted by atomic mass is 10.0. The molecule has 0 aliphatic carbocycles. The van der Waals surface area contributed by atoms with Crippen molar-refractivity contribution in [2.75, 3.05) is 6.61 Å². The molecule has 1 atom stereocenters. The molecular formula is C11H12FO. The third-order valence-corrected chi connectivity index (χ3v) is 2.26. The molecule has 1 aliphatic heterocycles. The number of hydrogen-bond donors (Lipinski definition) is 0. The van der Waals surface area contributed by atoms with Crippen LogP contribution in [0.25, 0.3) is 0 Å². The lowest BCUT2D eigenvalue weighted by molar-refractivity contribution is 0.0331. The molecule has 1 aliphatic rings. The van der Waals surface area contributed by atoms with Crippen molar-refractivity contribution in [2.45, 2.75) is 18.9 Å². The van der Waals surface area contributed by atoms with Gasteiger partial charge in [-0.2, -0.15) is 0 Å². The van der Waals surface area contributed by atoms with Crippen molar-refractivity contribution < 1.29 is 9.13 Å². The van der Waals surface area contributed by atoms with E-state index in [1.165, 1.54) is 12.1 Å². The fraction of sp³-hybridized carbons (Fsp3) is 0.364. The first kappa shape index (κ1) is 8.70. The van der Waals surface area contributed by atoms with Crippen LogP contribution in [0.1, 0.15) is 24.5 Å². The number of ether oxygens (including phenoxy) is 1. The summed E-state index contributed by atoms with van der Waals surface area (Å²) in [5.41, 5.74) is 1.07. The molecule has 1 radical (unpaired) electrons. The smallest absolute Gasteiger partial charge is 0.123 e. The van der Waals surface area contributed by atoms with E-state index in [0.29, 0.717) is 0 Å². The Kier molecular flexibility index (Phi) is 2.60. The van der Waals surface area contributed by atoms with Crippen LogP contribution in [0.3, 0.4) is 0 Å². The van der Waals surface area contributed by atoms with Gasteiger partial charge in [-0.1, -0.05) is 12.1 Å². The van der Waals surface area contributed by atoms with Gasteiger partial charge in [0.1, 0.15) is 5.82 Å². The number of rotatable bonds is 1. The van der Waals surface area contributed by atoms with Gasteiger partial charge in [-0.05, 0) is 37.0 Å². The summed E-state index contributed by atoms with van der Waals surface area (Å²) in [4.78, 5) is 0. The highest BCUT2D eigenvalue weighted by molar-refractivity contribution is 5.19. The zero-order chi connectivity index (χ0) is 9.10. The Morgan fingerprint density at radius 1 is 1.23 bits per heavy atom. The van der Waals surface area contributed by atoms with E-state index in [4.69, 9.17) is 4.74 Å². The monoisotopic (exact) mass is 179 g/mol. The van der Waals surface area contributed by atoms with Crippen LogP contribution in [0.2, 0.25) is 0 Å². The Morgan fingerprint density at radius 3 is 2.62 bits per heavy atom. The summed E-state index contributed by atoms with van der Waals surface area (Å²) >= 11 is 0. The summed E-state index contributed by atoms with van der Waals surface area (Å²) in [6, 6.07) is 6.54. The molecule has 0 N–H and O–H groups in total. The minimum Gasteiger partial charge on any atom is -0.374 e. The third-order valence-electron chi connectivity index (χ3n) is 2.26. The first-order chi connectivity index (χ1) is 6.36. The van der Waals surface area contributed by atoms with E-state index >= 15 is 0 Å². The lowest BCUT2D eigenvalue weighted by Gasteiger charge is -2.22. The molecule has 2 heteroatoms. The van der Waals surface area contributed by atoms with Crippen LogP contribution >= 0.6 is 0 Å². The maximum atomic E-state index is 12.6. The molecule has 1 aromatic rings. The van der Waals surface area contributed by atoms with Gasteiger partial charge in [0, 0.05) is 6.61 Å². The van der Waals surface area contributed by atoms with Gasteiger partial charge in [-0.15, -0.1) is 0 Å². The van der Waals surface area contributed by atoms with Gasteiger partial charge in [0.05, 0.1) is 6.10 Å². The van der Waals surface area contributed by atoms with Crippen LogP contribution in [0.4, 0.5) is 4.39 Å². The largest absolute Gasteiger partial charge is 0.374 e. The minimum absolute atomic E-state index is 0.134. The molecule has 0 saturated carbocycles. The Morgan fingerprint density at radius 2 is 2.00 bits per heavy atom. The van der Waals surface area contributed by atoms with Crippen LogP contribution < -0.4 is 0 Å². The Balaban J connectivity index is 2.10. The van der Waals surface area contributed by atoms with Crippen molar-refractivity contribution in [3.8, 4) is 0 Å². The fourth-order valence-electron chi connectivity index (χ4n) is 1.54. The maximum absolute atomic E-state index is 12.6. The summed E-state index contributed by atoms with van der Waals surface area (Å²) in [5.74, 6) is -0.191. The minimum atomic E-state index is -0.191. The number of benzene rings is 1. The SMILES string of the molecule is Fc1ccc([C@@H]2C[CH]CCO2)cc1. The Bertz CT molecular complexity index is 262. The summed E-state index contributed by atoms with van der Waals surface area (Å²) in [6.07, 6.45) is 4.32. The molecule has 1 saturated heterocycles. The summed E-state index contributed by atoms with van der Waals surface area (Å²) < 4.78 is 18.2. The van der Waals surface area contributed by atoms with Gasteiger partial charge in [-0.3, -0.25) is 0 Å². The molecule has 0 spiro atoms. The zero-order valence-corrected chi connectivity index (χ0v) is 7.37. The summed E-state index contributed by atoms with van der Waals surface area (Å²) in [6.45, 7) is 0.780. The molecule has 1 aromatic carbocycles. The predicted molar refractivity (Wildman–Crippen MR) is 48.6 cm³/mol.